The zero-order valence-electron chi connectivity index (χ0n) is 13.7. The van der Waals surface area contributed by atoms with Gasteiger partial charge in [0.05, 0.1) is 19.8 Å². The topological polar surface area (TPSA) is 77.1 Å². The van der Waals surface area contributed by atoms with E-state index in [1.165, 1.54) is 4.90 Å². The van der Waals surface area contributed by atoms with Gasteiger partial charge in [0, 0.05) is 18.7 Å². The van der Waals surface area contributed by atoms with Crippen LogP contribution < -0.4 is 10.1 Å². The maximum atomic E-state index is 12.4. The minimum Gasteiger partial charge on any atom is -0.496 e. The van der Waals surface area contributed by atoms with Crippen LogP contribution in [0.3, 0.4) is 0 Å². The van der Waals surface area contributed by atoms with Gasteiger partial charge in [-0.15, -0.1) is 0 Å². The molecule has 0 bridgehead atoms. The Morgan fingerprint density at radius 3 is 3.00 bits per heavy atom. The average molecular weight is 334 g/mol. The first-order valence-electron chi connectivity index (χ1n) is 8.13. The molecular weight excluding hydrogens is 312 g/mol. The Kier molecular flexibility index (Phi) is 5.20. The molecule has 2 heterocycles. The molecule has 1 N–H and O–H groups in total. The largest absolute Gasteiger partial charge is 0.496 e. The maximum absolute atomic E-state index is 12.4. The number of hydrogen-bond donors (Lipinski definition) is 1. The fraction of sp³-hybridized carbons (Fsp3) is 0.529. The number of cyclic esters (lactones) is 1. The van der Waals surface area contributed by atoms with Crippen molar-refractivity contribution in [3.63, 3.8) is 0 Å². The maximum Gasteiger partial charge on any atom is 0.410 e. The third kappa shape index (κ3) is 3.62. The molecule has 1 aromatic carbocycles. The number of benzene rings is 1. The number of carbonyl (C=O) groups excluding carboxylic acids is 2. The minimum absolute atomic E-state index is 0.0609. The lowest BCUT2D eigenvalue weighted by Gasteiger charge is -2.22. The molecule has 2 aliphatic rings. The monoisotopic (exact) mass is 334 g/mol. The number of nitrogens with zero attached hydrogens (tertiary/aromatic N) is 1. The van der Waals surface area contributed by atoms with Gasteiger partial charge in [0.1, 0.15) is 18.4 Å². The third-order valence-electron chi connectivity index (χ3n) is 4.34. The molecule has 0 spiro atoms. The van der Waals surface area contributed by atoms with E-state index in [0.29, 0.717) is 12.3 Å². The summed E-state index contributed by atoms with van der Waals surface area (Å²) < 4.78 is 15.9. The number of amides is 2. The Morgan fingerprint density at radius 2 is 2.25 bits per heavy atom. The highest BCUT2D eigenvalue weighted by Crippen LogP contribution is 2.23. The van der Waals surface area contributed by atoms with Crippen molar-refractivity contribution in [2.45, 2.75) is 31.5 Å². The summed E-state index contributed by atoms with van der Waals surface area (Å²) in [5.74, 6) is 0.460. The van der Waals surface area contributed by atoms with Crippen LogP contribution in [0.1, 0.15) is 18.4 Å². The van der Waals surface area contributed by atoms with Crippen molar-refractivity contribution in [1.82, 2.24) is 10.2 Å². The first-order valence-corrected chi connectivity index (χ1v) is 8.13. The molecular formula is C17H22N2O5. The summed E-state index contributed by atoms with van der Waals surface area (Å²) in [5.41, 5.74) is 0.829. The van der Waals surface area contributed by atoms with Gasteiger partial charge in [-0.1, -0.05) is 18.2 Å². The molecule has 0 radical (unpaired) electrons. The highest BCUT2D eigenvalue weighted by atomic mass is 16.6. The molecule has 1 aromatic rings. The zero-order chi connectivity index (χ0) is 16.9. The van der Waals surface area contributed by atoms with E-state index < -0.39 is 12.1 Å². The van der Waals surface area contributed by atoms with Crippen LogP contribution in [0.4, 0.5) is 4.79 Å². The van der Waals surface area contributed by atoms with Crippen molar-refractivity contribution in [2.75, 3.05) is 26.9 Å². The van der Waals surface area contributed by atoms with E-state index in [1.807, 2.05) is 24.3 Å². The molecule has 0 aromatic heterocycles. The van der Waals surface area contributed by atoms with E-state index in [1.54, 1.807) is 7.11 Å². The molecule has 0 saturated carbocycles. The summed E-state index contributed by atoms with van der Waals surface area (Å²) in [6, 6.07) is 6.78. The van der Waals surface area contributed by atoms with Crippen LogP contribution in [-0.2, 0) is 20.8 Å². The number of rotatable bonds is 6. The minimum atomic E-state index is -0.635. The van der Waals surface area contributed by atoms with Gasteiger partial charge in [0.25, 0.3) is 0 Å². The van der Waals surface area contributed by atoms with Crippen LogP contribution in [0.25, 0.3) is 0 Å². The lowest BCUT2D eigenvalue weighted by Crippen LogP contribution is -2.47. The molecule has 7 heteroatoms. The van der Waals surface area contributed by atoms with Gasteiger partial charge in [-0.25, -0.2) is 4.79 Å². The molecule has 3 rings (SSSR count). The molecule has 7 nitrogen and oxygen atoms in total. The first kappa shape index (κ1) is 16.6. The molecule has 2 atom stereocenters. The smallest absolute Gasteiger partial charge is 0.410 e. The Balaban J connectivity index is 1.63. The Hall–Kier alpha value is -2.28. The van der Waals surface area contributed by atoms with Crippen molar-refractivity contribution in [3.8, 4) is 5.75 Å². The van der Waals surface area contributed by atoms with E-state index in [2.05, 4.69) is 5.32 Å². The standard InChI is InChI=1S/C17H22N2O5/c1-22-15-7-3-2-5-12(15)10-19-14(11-24-17(19)21)16(20)18-9-13-6-4-8-23-13/h2-3,5,7,13-14H,4,6,8-11H2,1H3,(H,18,20)/t13?,14-/m0/s1. The van der Waals surface area contributed by atoms with Crippen LogP contribution in [0.5, 0.6) is 5.75 Å². The van der Waals surface area contributed by atoms with Gasteiger partial charge in [-0.3, -0.25) is 9.69 Å². The van der Waals surface area contributed by atoms with Crippen molar-refractivity contribution in [2.24, 2.45) is 0 Å². The normalized spacial score (nSPS) is 23.2. The summed E-state index contributed by atoms with van der Waals surface area (Å²) in [7, 11) is 1.58. The Bertz CT molecular complexity index is 600. The highest BCUT2D eigenvalue weighted by molar-refractivity contribution is 5.88. The van der Waals surface area contributed by atoms with Crippen LogP contribution in [0.15, 0.2) is 24.3 Å². The predicted octanol–water partition coefficient (Wildman–Crippen LogP) is 1.31. The summed E-state index contributed by atoms with van der Waals surface area (Å²) in [6.45, 7) is 1.53. The Morgan fingerprint density at radius 1 is 1.42 bits per heavy atom. The van der Waals surface area contributed by atoms with E-state index in [9.17, 15) is 9.59 Å². The van der Waals surface area contributed by atoms with E-state index >= 15 is 0 Å². The molecule has 0 aliphatic carbocycles. The van der Waals surface area contributed by atoms with E-state index in [0.717, 1.165) is 25.0 Å². The van der Waals surface area contributed by atoms with Crippen LogP contribution in [-0.4, -0.2) is 55.9 Å². The number of nitrogens with one attached hydrogen (secondary N) is 1. The fourth-order valence-electron chi connectivity index (χ4n) is 3.00. The SMILES string of the molecule is COc1ccccc1CN1C(=O)OC[C@H]1C(=O)NCC1CCCO1. The van der Waals surface area contributed by atoms with Gasteiger partial charge in [0.2, 0.25) is 5.91 Å². The molecule has 2 fully saturated rings. The van der Waals surface area contributed by atoms with Gasteiger partial charge in [-0.05, 0) is 18.9 Å². The lowest BCUT2D eigenvalue weighted by molar-refractivity contribution is -0.125. The van der Waals surface area contributed by atoms with Gasteiger partial charge in [-0.2, -0.15) is 0 Å². The van der Waals surface area contributed by atoms with Crippen molar-refractivity contribution < 1.29 is 23.8 Å². The quantitative estimate of drug-likeness (QED) is 0.849. The average Bonchev–Trinajstić information content (AvgIpc) is 3.24. The van der Waals surface area contributed by atoms with Crippen molar-refractivity contribution in [3.05, 3.63) is 29.8 Å². The number of carbonyl (C=O) groups is 2. The van der Waals surface area contributed by atoms with Crippen LogP contribution in [0, 0.1) is 0 Å². The molecule has 24 heavy (non-hydrogen) atoms. The summed E-state index contributed by atoms with van der Waals surface area (Å²) in [5, 5.41) is 2.86. The molecule has 2 aliphatic heterocycles. The second kappa shape index (κ2) is 7.53. The van der Waals surface area contributed by atoms with Crippen molar-refractivity contribution >= 4 is 12.0 Å². The summed E-state index contributed by atoms with van der Waals surface area (Å²) in [6.07, 6.45) is 1.55. The second-order valence-electron chi connectivity index (χ2n) is 5.91. The van der Waals surface area contributed by atoms with Crippen LogP contribution in [0.2, 0.25) is 0 Å². The molecule has 2 saturated heterocycles. The first-order chi connectivity index (χ1) is 11.7. The van der Waals surface area contributed by atoms with Crippen molar-refractivity contribution in [1.29, 1.82) is 0 Å². The van der Waals surface area contributed by atoms with Gasteiger partial charge >= 0.3 is 6.09 Å². The number of methoxy groups -OCH3 is 1. The lowest BCUT2D eigenvalue weighted by atomic mass is 10.1. The van der Waals surface area contributed by atoms with Gasteiger partial charge in [0.15, 0.2) is 0 Å². The Labute approximate surface area is 140 Å². The molecule has 1 unspecified atom stereocenters. The van der Waals surface area contributed by atoms with Crippen LogP contribution >= 0.6 is 0 Å². The third-order valence-corrected chi connectivity index (χ3v) is 4.34. The summed E-state index contributed by atoms with van der Waals surface area (Å²) in [4.78, 5) is 25.9. The zero-order valence-corrected chi connectivity index (χ0v) is 13.7. The molecule has 130 valence electrons. The fourth-order valence-corrected chi connectivity index (χ4v) is 3.00. The van der Waals surface area contributed by atoms with Gasteiger partial charge < -0.3 is 19.5 Å². The number of hydrogen-bond acceptors (Lipinski definition) is 5. The molecule has 2 amide bonds. The summed E-state index contributed by atoms with van der Waals surface area (Å²) >= 11 is 0. The van der Waals surface area contributed by atoms with E-state index in [4.69, 9.17) is 14.2 Å². The van der Waals surface area contributed by atoms with E-state index in [-0.39, 0.29) is 25.2 Å². The number of para-hydroxylation sites is 1. The second-order valence-corrected chi connectivity index (χ2v) is 5.91. The number of ether oxygens (including phenoxy) is 3. The predicted molar refractivity (Wildman–Crippen MR) is 85.7 cm³/mol. The highest BCUT2D eigenvalue weighted by Gasteiger charge is 2.38.